The topological polar surface area (TPSA) is 105 Å². The van der Waals surface area contributed by atoms with Gasteiger partial charge in [-0.15, -0.1) is 0 Å². The van der Waals surface area contributed by atoms with Crippen molar-refractivity contribution < 1.29 is 14.3 Å². The number of ketones is 1. The van der Waals surface area contributed by atoms with Gasteiger partial charge in [-0.25, -0.2) is 4.79 Å². The predicted octanol–water partition coefficient (Wildman–Crippen LogP) is 2.55. The van der Waals surface area contributed by atoms with E-state index in [4.69, 9.17) is 10.5 Å². The molecule has 6 nitrogen and oxygen atoms in total. The zero-order valence-corrected chi connectivity index (χ0v) is 15.9. The normalized spacial score (nSPS) is 26.2. The summed E-state index contributed by atoms with van der Waals surface area (Å²) < 4.78 is 6.22. The third kappa shape index (κ3) is 2.02. The average Bonchev–Trinajstić information content (AvgIpc) is 2.78. The molecule has 2 aliphatic heterocycles. The number of allylic oxidation sites excluding steroid dienone is 1. The predicted molar refractivity (Wildman–Crippen MR) is 96.5 cm³/mol. The molecule has 0 radical (unpaired) electrons. The summed E-state index contributed by atoms with van der Waals surface area (Å²) in [7, 11) is 0. The van der Waals surface area contributed by atoms with Crippen molar-refractivity contribution in [2.45, 2.75) is 32.1 Å². The molecule has 2 heterocycles. The summed E-state index contributed by atoms with van der Waals surface area (Å²) in [5, 5.41) is 12.8. The second-order valence-corrected chi connectivity index (χ2v) is 8.52. The van der Waals surface area contributed by atoms with Crippen LogP contribution in [-0.2, 0) is 15.0 Å². The molecule has 0 saturated heterocycles. The number of rotatable bonds is 0. The molecule has 0 amide bonds. The monoisotopic (exact) mass is 413 g/mol. The molecule has 7 heteroatoms. The van der Waals surface area contributed by atoms with Crippen LogP contribution in [0.2, 0.25) is 0 Å². The Labute approximate surface area is 158 Å². The van der Waals surface area contributed by atoms with Crippen LogP contribution >= 0.6 is 15.9 Å². The molecule has 1 aromatic rings. The van der Waals surface area contributed by atoms with Crippen LogP contribution in [0.5, 0.6) is 5.75 Å². The van der Waals surface area contributed by atoms with Gasteiger partial charge in [0.05, 0.1) is 5.57 Å². The second kappa shape index (κ2) is 5.21. The van der Waals surface area contributed by atoms with Crippen LogP contribution in [0.4, 0.5) is 0 Å². The smallest absolute Gasteiger partial charge is 0.332 e. The summed E-state index contributed by atoms with van der Waals surface area (Å²) in [4.78, 5) is 26.2. The summed E-state index contributed by atoms with van der Waals surface area (Å²) in [6, 6.07) is 7.16. The van der Waals surface area contributed by atoms with E-state index < -0.39 is 11.4 Å². The Morgan fingerprint density at radius 2 is 2.04 bits per heavy atom. The van der Waals surface area contributed by atoms with Crippen molar-refractivity contribution in [1.29, 1.82) is 5.26 Å². The van der Waals surface area contributed by atoms with E-state index in [0.717, 1.165) is 4.47 Å². The number of ether oxygens (including phenoxy) is 1. The summed E-state index contributed by atoms with van der Waals surface area (Å²) in [6.07, 6.45) is 0.835. The first-order valence-electron chi connectivity index (χ1n) is 8.17. The van der Waals surface area contributed by atoms with Gasteiger partial charge in [-0.3, -0.25) is 4.79 Å². The minimum Gasteiger partial charge on any atom is -0.425 e. The molecule has 0 saturated carbocycles. The van der Waals surface area contributed by atoms with Crippen LogP contribution in [0, 0.1) is 16.7 Å². The molecule has 3 aliphatic rings. The minimum atomic E-state index is -1.59. The maximum Gasteiger partial charge on any atom is 0.332 e. The molecule has 1 aliphatic carbocycles. The van der Waals surface area contributed by atoms with Crippen molar-refractivity contribution in [1.82, 2.24) is 5.32 Å². The zero-order chi connectivity index (χ0) is 18.9. The first-order chi connectivity index (χ1) is 12.2. The van der Waals surface area contributed by atoms with E-state index in [-0.39, 0.29) is 34.6 Å². The molecule has 1 atom stereocenters. The van der Waals surface area contributed by atoms with Crippen molar-refractivity contribution in [3.63, 3.8) is 0 Å². The highest BCUT2D eigenvalue weighted by atomic mass is 79.9. The number of benzene rings is 1. The molecule has 1 unspecified atom stereocenters. The molecule has 26 heavy (non-hydrogen) atoms. The van der Waals surface area contributed by atoms with Gasteiger partial charge < -0.3 is 15.8 Å². The van der Waals surface area contributed by atoms with Crippen molar-refractivity contribution in [2.24, 2.45) is 11.1 Å². The van der Waals surface area contributed by atoms with Crippen molar-refractivity contribution >= 4 is 27.7 Å². The number of nitriles is 1. The standard InChI is InChI=1S/C19H16BrN3O3/c1-18(2)6-12-15(13(24)7-18)19(11(8-21)16(22)23-12)10-4-3-9(20)5-14(10)26-17(19)25/h3-5,23H,6-7,22H2,1-2H3. The maximum absolute atomic E-state index is 13.1. The number of carbonyl (C=O) groups is 2. The van der Waals surface area contributed by atoms with Crippen LogP contribution < -0.4 is 15.8 Å². The molecule has 4 rings (SSSR count). The fraction of sp³-hybridized carbons (Fsp3) is 0.316. The molecular formula is C19H16BrN3O3. The van der Waals surface area contributed by atoms with Crippen molar-refractivity contribution in [3.8, 4) is 11.8 Å². The molecule has 1 aromatic carbocycles. The van der Waals surface area contributed by atoms with Crippen LogP contribution in [0.25, 0.3) is 0 Å². The lowest BCUT2D eigenvalue weighted by atomic mass is 9.61. The van der Waals surface area contributed by atoms with Crippen LogP contribution in [0.3, 0.4) is 0 Å². The summed E-state index contributed by atoms with van der Waals surface area (Å²) in [5.41, 5.74) is 5.63. The van der Waals surface area contributed by atoms with Gasteiger partial charge in [-0.05, 0) is 24.0 Å². The number of nitrogens with zero attached hydrogens (tertiary/aromatic N) is 1. The summed E-state index contributed by atoms with van der Waals surface area (Å²) in [6.45, 7) is 3.97. The first-order valence-corrected chi connectivity index (χ1v) is 8.96. The number of Topliss-reactive ketones (excluding diaryl/α,β-unsaturated/α-hetero) is 1. The van der Waals surface area contributed by atoms with Crippen LogP contribution in [0.15, 0.2) is 45.3 Å². The van der Waals surface area contributed by atoms with Gasteiger partial charge in [-0.2, -0.15) is 5.26 Å². The highest BCUT2D eigenvalue weighted by Gasteiger charge is 2.61. The largest absolute Gasteiger partial charge is 0.425 e. The molecule has 0 aromatic heterocycles. The molecule has 0 bridgehead atoms. The first kappa shape index (κ1) is 16.9. The van der Waals surface area contributed by atoms with Crippen molar-refractivity contribution in [3.05, 3.63) is 50.9 Å². The number of halogens is 1. The maximum atomic E-state index is 13.1. The van der Waals surface area contributed by atoms with Gasteiger partial charge >= 0.3 is 5.97 Å². The highest BCUT2D eigenvalue weighted by molar-refractivity contribution is 9.10. The Hall–Kier alpha value is -2.59. The van der Waals surface area contributed by atoms with E-state index in [1.165, 1.54) is 0 Å². The van der Waals surface area contributed by atoms with E-state index in [2.05, 4.69) is 21.2 Å². The van der Waals surface area contributed by atoms with Gasteiger partial charge in [0.1, 0.15) is 17.6 Å². The number of dihydropyridines is 1. The van der Waals surface area contributed by atoms with E-state index in [1.807, 2.05) is 19.9 Å². The molecule has 1 spiro atoms. The minimum absolute atomic E-state index is 0.00961. The number of nitrogens with one attached hydrogen (secondary N) is 1. The molecular weight excluding hydrogens is 398 g/mol. The average molecular weight is 414 g/mol. The number of carbonyl (C=O) groups excluding carboxylic acids is 2. The third-order valence-electron chi connectivity index (χ3n) is 5.15. The lowest BCUT2D eigenvalue weighted by Gasteiger charge is -2.41. The van der Waals surface area contributed by atoms with Crippen LogP contribution in [-0.4, -0.2) is 11.8 Å². The van der Waals surface area contributed by atoms with E-state index in [1.54, 1.807) is 18.2 Å². The fourth-order valence-electron chi connectivity index (χ4n) is 4.21. The highest BCUT2D eigenvalue weighted by Crippen LogP contribution is 2.55. The number of esters is 1. The second-order valence-electron chi connectivity index (χ2n) is 7.60. The Morgan fingerprint density at radius 3 is 2.73 bits per heavy atom. The van der Waals surface area contributed by atoms with Crippen molar-refractivity contribution in [2.75, 3.05) is 0 Å². The van der Waals surface area contributed by atoms with Crippen LogP contribution in [0.1, 0.15) is 32.3 Å². The Kier molecular flexibility index (Phi) is 3.38. The molecule has 0 fully saturated rings. The zero-order valence-electron chi connectivity index (χ0n) is 14.3. The van der Waals surface area contributed by atoms with Gasteiger partial charge in [-0.1, -0.05) is 35.8 Å². The Bertz CT molecular complexity index is 1000. The number of fused-ring (bicyclic) bond motifs is 3. The summed E-state index contributed by atoms with van der Waals surface area (Å²) >= 11 is 3.35. The van der Waals surface area contributed by atoms with E-state index in [0.29, 0.717) is 23.4 Å². The molecule has 132 valence electrons. The lowest BCUT2D eigenvalue weighted by molar-refractivity contribution is -0.137. The van der Waals surface area contributed by atoms with Gasteiger partial charge in [0.25, 0.3) is 0 Å². The number of nitrogens with two attached hydrogens (primary N) is 1. The van der Waals surface area contributed by atoms with E-state index >= 15 is 0 Å². The van der Waals surface area contributed by atoms with E-state index in [9.17, 15) is 14.9 Å². The number of hydrogen-bond donors (Lipinski definition) is 2. The Morgan fingerprint density at radius 1 is 1.31 bits per heavy atom. The quantitative estimate of drug-likeness (QED) is 0.500. The Balaban J connectivity index is 2.09. The number of hydrogen-bond acceptors (Lipinski definition) is 6. The summed E-state index contributed by atoms with van der Waals surface area (Å²) in [5.74, 6) is -0.412. The van der Waals surface area contributed by atoms with Gasteiger partial charge in [0, 0.05) is 27.7 Å². The lowest BCUT2D eigenvalue weighted by Crippen LogP contribution is -2.50. The SMILES string of the molecule is CC1(C)CC(=O)C2=C(C1)NC(N)=C(C#N)C21C(=O)Oc2cc(Br)ccc21. The third-order valence-corrected chi connectivity index (χ3v) is 5.64. The molecule has 3 N–H and O–H groups in total. The van der Waals surface area contributed by atoms with Gasteiger partial charge in [0.15, 0.2) is 11.2 Å². The van der Waals surface area contributed by atoms with Gasteiger partial charge in [0.2, 0.25) is 0 Å². The fourth-order valence-corrected chi connectivity index (χ4v) is 4.55.